The van der Waals surface area contributed by atoms with E-state index in [9.17, 15) is 18.0 Å². The highest BCUT2D eigenvalue weighted by atomic mass is 32.2. The van der Waals surface area contributed by atoms with Gasteiger partial charge in [-0.05, 0) is 49.2 Å². The largest absolute Gasteiger partial charge is 0.355 e. The van der Waals surface area contributed by atoms with E-state index in [1.54, 1.807) is 4.90 Å². The van der Waals surface area contributed by atoms with Gasteiger partial charge in [0.2, 0.25) is 10.0 Å². The fraction of sp³-hybridized carbons (Fsp3) is 0.300. The van der Waals surface area contributed by atoms with Crippen LogP contribution in [-0.4, -0.2) is 51.4 Å². The van der Waals surface area contributed by atoms with Crippen LogP contribution >= 0.6 is 0 Å². The smallest absolute Gasteiger partial charge is 0.321 e. The van der Waals surface area contributed by atoms with Crippen molar-refractivity contribution < 1.29 is 18.0 Å². The zero-order chi connectivity index (χ0) is 20.9. The first-order valence-corrected chi connectivity index (χ1v) is 10.8. The second-order valence-corrected chi connectivity index (χ2v) is 8.50. The molecule has 0 radical (unpaired) electrons. The molecule has 1 aliphatic heterocycles. The van der Waals surface area contributed by atoms with Crippen molar-refractivity contribution in [3.63, 3.8) is 0 Å². The van der Waals surface area contributed by atoms with Gasteiger partial charge in [0.05, 0.1) is 4.90 Å². The van der Waals surface area contributed by atoms with Crippen molar-refractivity contribution in [1.82, 2.24) is 14.9 Å². The number of likely N-dealkylation sites (tertiary alicyclic amines) is 1. The third-order valence-electron chi connectivity index (χ3n) is 4.78. The zero-order valence-electron chi connectivity index (χ0n) is 16.1. The molecule has 154 valence electrons. The van der Waals surface area contributed by atoms with Gasteiger partial charge in [-0.1, -0.05) is 18.2 Å². The molecule has 0 spiro atoms. The van der Waals surface area contributed by atoms with Crippen LogP contribution < -0.4 is 15.4 Å². The molecule has 0 aliphatic carbocycles. The first kappa shape index (κ1) is 20.8. The molecule has 1 saturated heterocycles. The Balaban J connectivity index is 1.54. The minimum Gasteiger partial charge on any atom is -0.355 e. The number of carbonyl (C=O) groups excluding carboxylic acids is 2. The molecule has 0 aromatic heterocycles. The van der Waals surface area contributed by atoms with Crippen molar-refractivity contribution >= 4 is 27.6 Å². The second-order valence-electron chi connectivity index (χ2n) is 6.78. The molecule has 3 N–H and O–H groups in total. The molecule has 1 fully saturated rings. The van der Waals surface area contributed by atoms with E-state index < -0.39 is 10.0 Å². The molecule has 2 aromatic carbocycles. The van der Waals surface area contributed by atoms with Crippen LogP contribution in [0, 0.1) is 0 Å². The fourth-order valence-electron chi connectivity index (χ4n) is 3.14. The van der Waals surface area contributed by atoms with Gasteiger partial charge in [0.25, 0.3) is 5.91 Å². The number of anilines is 1. The number of nitrogens with zero attached hydrogens (tertiary/aromatic N) is 1. The van der Waals surface area contributed by atoms with Crippen molar-refractivity contribution in [1.29, 1.82) is 0 Å². The van der Waals surface area contributed by atoms with Crippen molar-refractivity contribution in [3.8, 4) is 0 Å². The summed E-state index contributed by atoms with van der Waals surface area (Å²) < 4.78 is 27.9. The summed E-state index contributed by atoms with van der Waals surface area (Å²) in [4.78, 5) is 25.7. The Hall–Kier alpha value is -2.91. The summed E-state index contributed by atoms with van der Waals surface area (Å²) in [6, 6.07) is 14.5. The quantitative estimate of drug-likeness (QED) is 0.693. The molecule has 1 aliphatic rings. The van der Waals surface area contributed by atoms with E-state index in [0.29, 0.717) is 31.5 Å². The van der Waals surface area contributed by atoms with Gasteiger partial charge in [-0.3, -0.25) is 4.79 Å². The molecule has 0 saturated carbocycles. The van der Waals surface area contributed by atoms with Crippen molar-refractivity contribution in [2.45, 2.75) is 23.8 Å². The number of urea groups is 1. The first-order chi connectivity index (χ1) is 13.9. The van der Waals surface area contributed by atoms with Crippen molar-refractivity contribution in [3.05, 3.63) is 60.2 Å². The number of benzene rings is 2. The van der Waals surface area contributed by atoms with Gasteiger partial charge in [0.1, 0.15) is 0 Å². The summed E-state index contributed by atoms with van der Waals surface area (Å²) in [6.07, 6.45) is 1.05. The van der Waals surface area contributed by atoms with Crippen molar-refractivity contribution in [2.24, 2.45) is 0 Å². The van der Waals surface area contributed by atoms with E-state index in [0.717, 1.165) is 5.69 Å². The predicted octanol–water partition coefficient (Wildman–Crippen LogP) is 2.02. The second kappa shape index (κ2) is 9.06. The van der Waals surface area contributed by atoms with Crippen LogP contribution in [0.4, 0.5) is 10.5 Å². The normalized spacial score (nSPS) is 15.0. The molecule has 0 atom stereocenters. The summed E-state index contributed by atoms with van der Waals surface area (Å²) >= 11 is 0. The number of amides is 3. The average Bonchev–Trinajstić information content (AvgIpc) is 2.74. The standard InChI is InChI=1S/C20H24N4O4S/c1-21-19(25)15-7-9-18(10-8-15)29(27,28)23-17-11-13-24(14-12-17)20(26)22-16-5-3-2-4-6-16/h2-10,17,23H,11-14H2,1H3,(H,21,25)(H,22,26). The third-order valence-corrected chi connectivity index (χ3v) is 6.32. The lowest BCUT2D eigenvalue weighted by atomic mass is 10.1. The van der Waals surface area contributed by atoms with Gasteiger partial charge in [0, 0.05) is 37.4 Å². The number of nitrogens with one attached hydrogen (secondary N) is 3. The average molecular weight is 417 g/mol. The Kier molecular flexibility index (Phi) is 6.50. The highest BCUT2D eigenvalue weighted by Crippen LogP contribution is 2.17. The molecule has 9 heteroatoms. The SMILES string of the molecule is CNC(=O)c1ccc(S(=O)(=O)NC2CCN(C(=O)Nc3ccccc3)CC2)cc1. The molecule has 3 rings (SSSR count). The van der Waals surface area contributed by atoms with E-state index in [1.807, 2.05) is 30.3 Å². The molecule has 3 amide bonds. The van der Waals surface area contributed by atoms with Gasteiger partial charge in [0.15, 0.2) is 0 Å². The van der Waals surface area contributed by atoms with E-state index in [2.05, 4.69) is 15.4 Å². The van der Waals surface area contributed by atoms with Crippen LogP contribution in [0.2, 0.25) is 0 Å². The number of hydrogen-bond donors (Lipinski definition) is 3. The number of sulfonamides is 1. The Bertz CT molecular complexity index is 954. The summed E-state index contributed by atoms with van der Waals surface area (Å²) in [7, 11) is -2.18. The van der Waals surface area contributed by atoms with Crippen LogP contribution in [0.5, 0.6) is 0 Å². The molecular weight excluding hydrogens is 392 g/mol. The third kappa shape index (κ3) is 5.33. The number of para-hydroxylation sites is 1. The number of piperidine rings is 1. The van der Waals surface area contributed by atoms with E-state index in [-0.39, 0.29) is 22.9 Å². The predicted molar refractivity (Wildman–Crippen MR) is 110 cm³/mol. The monoisotopic (exact) mass is 416 g/mol. The van der Waals surface area contributed by atoms with Crippen LogP contribution in [0.25, 0.3) is 0 Å². The van der Waals surface area contributed by atoms with Crippen LogP contribution in [-0.2, 0) is 10.0 Å². The molecule has 1 heterocycles. The fourth-order valence-corrected chi connectivity index (χ4v) is 4.45. The first-order valence-electron chi connectivity index (χ1n) is 9.34. The number of hydrogen-bond acceptors (Lipinski definition) is 4. The minimum atomic E-state index is -3.70. The summed E-state index contributed by atoms with van der Waals surface area (Å²) in [5.41, 5.74) is 1.12. The van der Waals surface area contributed by atoms with Crippen LogP contribution in [0.1, 0.15) is 23.2 Å². The maximum Gasteiger partial charge on any atom is 0.321 e. The Morgan fingerprint density at radius 3 is 2.17 bits per heavy atom. The molecule has 2 aromatic rings. The molecular formula is C20H24N4O4S. The highest BCUT2D eigenvalue weighted by Gasteiger charge is 2.26. The van der Waals surface area contributed by atoms with Gasteiger partial charge >= 0.3 is 6.03 Å². The van der Waals surface area contributed by atoms with Gasteiger partial charge in [-0.25, -0.2) is 17.9 Å². The minimum absolute atomic E-state index is 0.106. The Morgan fingerprint density at radius 2 is 1.59 bits per heavy atom. The van der Waals surface area contributed by atoms with E-state index >= 15 is 0 Å². The summed E-state index contributed by atoms with van der Waals surface area (Å²) in [6.45, 7) is 0.920. The Labute approximate surface area is 170 Å². The molecule has 0 unspecified atom stereocenters. The molecule has 29 heavy (non-hydrogen) atoms. The molecule has 8 nitrogen and oxygen atoms in total. The lowest BCUT2D eigenvalue weighted by Gasteiger charge is -2.32. The van der Waals surface area contributed by atoms with Gasteiger partial charge < -0.3 is 15.5 Å². The van der Waals surface area contributed by atoms with Crippen molar-refractivity contribution in [2.75, 3.05) is 25.5 Å². The van der Waals surface area contributed by atoms with E-state index in [1.165, 1.54) is 31.3 Å². The summed E-state index contributed by atoms with van der Waals surface area (Å²) in [5, 5.41) is 5.33. The lowest BCUT2D eigenvalue weighted by molar-refractivity contribution is 0.0963. The van der Waals surface area contributed by atoms with E-state index in [4.69, 9.17) is 0 Å². The van der Waals surface area contributed by atoms with Crippen LogP contribution in [0.3, 0.4) is 0 Å². The number of carbonyl (C=O) groups is 2. The Morgan fingerprint density at radius 1 is 0.966 bits per heavy atom. The van der Waals surface area contributed by atoms with Crippen LogP contribution in [0.15, 0.2) is 59.5 Å². The maximum absolute atomic E-state index is 12.6. The summed E-state index contributed by atoms with van der Waals surface area (Å²) in [5.74, 6) is -0.275. The highest BCUT2D eigenvalue weighted by molar-refractivity contribution is 7.89. The topological polar surface area (TPSA) is 108 Å². The molecule has 0 bridgehead atoms. The zero-order valence-corrected chi connectivity index (χ0v) is 16.9. The van der Waals surface area contributed by atoms with Gasteiger partial charge in [-0.2, -0.15) is 0 Å². The lowest BCUT2D eigenvalue weighted by Crippen LogP contribution is -2.47. The van der Waals surface area contributed by atoms with Gasteiger partial charge in [-0.15, -0.1) is 0 Å². The maximum atomic E-state index is 12.6. The number of rotatable bonds is 5.